The Bertz CT molecular complexity index is 21.7. The van der Waals surface area contributed by atoms with E-state index in [2.05, 4.69) is 9.47 Å². The van der Waals surface area contributed by atoms with E-state index in [4.69, 9.17) is 0 Å². The summed E-state index contributed by atoms with van der Waals surface area (Å²) in [6.45, 7) is 1.38. The number of hydrogen-bond acceptors (Lipinski definition) is 2. The maximum absolute atomic E-state index is 4.66. The molecule has 3 heteroatoms. The van der Waals surface area contributed by atoms with E-state index in [1.807, 2.05) is 0 Å². The number of rotatable bonds is 3. The van der Waals surface area contributed by atoms with E-state index in [1.54, 1.807) is 14.2 Å². The monoisotopic (exact) mass is 159 g/mol. The molecule has 0 amide bonds. The van der Waals surface area contributed by atoms with Crippen molar-refractivity contribution in [1.29, 1.82) is 0 Å². The van der Waals surface area contributed by atoms with E-state index in [1.165, 1.54) is 0 Å². The smallest absolute Gasteiger partial charge is 0.0696 e. The average Bonchev–Trinajstić information content (AvgIpc) is 1.61. The first-order chi connectivity index (χ1) is 2.91. The van der Waals surface area contributed by atoms with Gasteiger partial charge in [-0.2, -0.15) is 0 Å². The average molecular weight is 160 g/mol. The number of methoxy groups -OCH3 is 2. The van der Waals surface area contributed by atoms with Crippen molar-refractivity contribution in [1.82, 2.24) is 0 Å². The maximum atomic E-state index is 4.66. The maximum Gasteiger partial charge on any atom is 0.0696 e. The zero-order valence-electron chi connectivity index (χ0n) is 4.81. The van der Waals surface area contributed by atoms with Gasteiger partial charge in [0.15, 0.2) is 0 Å². The third-order valence-corrected chi connectivity index (χ3v) is 0.492. The van der Waals surface area contributed by atoms with Gasteiger partial charge in [0, 0.05) is 34.0 Å². The number of hydrogen-bond donors (Lipinski definition) is 0. The fourth-order valence-electron chi connectivity index (χ4n) is 0.167. The molecule has 0 heterocycles. The van der Waals surface area contributed by atoms with Crippen LogP contribution in [0, 0.1) is 0 Å². The second-order valence-electron chi connectivity index (χ2n) is 0.986. The zero-order chi connectivity index (χ0) is 4.83. The van der Waals surface area contributed by atoms with Gasteiger partial charge in [0.25, 0.3) is 0 Å². The molecule has 0 bridgehead atoms. The van der Waals surface area contributed by atoms with E-state index >= 15 is 0 Å². The summed E-state index contributed by atoms with van der Waals surface area (Å²) in [7, 11) is 3.30. The van der Waals surface area contributed by atoms with Gasteiger partial charge in [-0.05, 0) is 0 Å². The third-order valence-electron chi connectivity index (χ3n) is 0.492. The van der Waals surface area contributed by atoms with Gasteiger partial charge in [-0.25, -0.2) is 0 Å². The molecule has 0 N–H and O–H groups in total. The Morgan fingerprint density at radius 3 is 1.43 bits per heavy atom. The van der Waals surface area contributed by atoms with Crippen LogP contribution in [0.4, 0.5) is 0 Å². The van der Waals surface area contributed by atoms with E-state index in [0.717, 1.165) is 0 Å². The quantitative estimate of drug-likeness (QED) is 0.423. The van der Waals surface area contributed by atoms with E-state index in [-0.39, 0.29) is 19.8 Å². The molecule has 0 saturated heterocycles. The van der Waals surface area contributed by atoms with Crippen molar-refractivity contribution in [2.24, 2.45) is 0 Å². The molecule has 0 unspecified atom stereocenters. The Labute approximate surface area is 57.2 Å². The standard InChI is InChI=1S/C4H10O2.Ga/c1-5-3-4-6-2;/h3-4H2,1-2H3;. The molecule has 0 aromatic heterocycles. The minimum absolute atomic E-state index is 0. The van der Waals surface area contributed by atoms with Crippen molar-refractivity contribution in [3.8, 4) is 0 Å². The molecule has 0 rings (SSSR count). The minimum Gasteiger partial charge on any atom is -0.382 e. The second kappa shape index (κ2) is 9.75. The van der Waals surface area contributed by atoms with E-state index in [9.17, 15) is 0 Å². The van der Waals surface area contributed by atoms with Crippen LogP contribution in [0.15, 0.2) is 0 Å². The summed E-state index contributed by atoms with van der Waals surface area (Å²) in [5, 5.41) is 0. The van der Waals surface area contributed by atoms with Crippen LogP contribution in [-0.2, 0) is 9.47 Å². The second-order valence-corrected chi connectivity index (χ2v) is 0.986. The van der Waals surface area contributed by atoms with Gasteiger partial charge < -0.3 is 9.47 Å². The molecule has 0 aromatic rings. The first-order valence-corrected chi connectivity index (χ1v) is 1.89. The van der Waals surface area contributed by atoms with Crippen molar-refractivity contribution in [3.05, 3.63) is 0 Å². The van der Waals surface area contributed by atoms with Crippen molar-refractivity contribution in [2.45, 2.75) is 0 Å². The van der Waals surface area contributed by atoms with Crippen molar-refractivity contribution < 1.29 is 9.47 Å². The minimum atomic E-state index is 0. The summed E-state index contributed by atoms with van der Waals surface area (Å²) in [5.74, 6) is 0. The van der Waals surface area contributed by atoms with Crippen LogP contribution in [0.25, 0.3) is 0 Å². The van der Waals surface area contributed by atoms with Gasteiger partial charge >= 0.3 is 0 Å². The molecule has 0 spiro atoms. The first-order valence-electron chi connectivity index (χ1n) is 1.89. The predicted molar refractivity (Wildman–Crippen MR) is 29.5 cm³/mol. The third kappa shape index (κ3) is 10.8. The molecule has 0 aliphatic heterocycles. The normalized spacial score (nSPS) is 7.71. The molecule has 2 nitrogen and oxygen atoms in total. The Hall–Kier alpha value is 0.556. The summed E-state index contributed by atoms with van der Waals surface area (Å²) in [6.07, 6.45) is 0. The van der Waals surface area contributed by atoms with Gasteiger partial charge in [-0.3, -0.25) is 0 Å². The molecule has 41 valence electrons. The Morgan fingerprint density at radius 1 is 1.00 bits per heavy atom. The summed E-state index contributed by atoms with van der Waals surface area (Å²) in [4.78, 5) is 0. The number of ether oxygens (including phenoxy) is 2. The Balaban J connectivity index is 0. The first kappa shape index (κ1) is 10.5. The Kier molecular flexibility index (Phi) is 14.7. The predicted octanol–water partition coefficient (Wildman–Crippen LogP) is -0.102. The molecule has 0 saturated carbocycles. The molecule has 3 radical (unpaired) electrons. The molecule has 7 heavy (non-hydrogen) atoms. The van der Waals surface area contributed by atoms with Gasteiger partial charge in [0.2, 0.25) is 0 Å². The van der Waals surface area contributed by atoms with E-state index in [0.29, 0.717) is 13.2 Å². The van der Waals surface area contributed by atoms with Gasteiger partial charge in [-0.1, -0.05) is 0 Å². The molecule has 0 fully saturated rings. The fraction of sp³-hybridized carbons (Fsp3) is 1.00. The van der Waals surface area contributed by atoms with Gasteiger partial charge in [0.1, 0.15) is 0 Å². The van der Waals surface area contributed by atoms with Crippen LogP contribution >= 0.6 is 0 Å². The van der Waals surface area contributed by atoms with Gasteiger partial charge in [-0.15, -0.1) is 0 Å². The summed E-state index contributed by atoms with van der Waals surface area (Å²) in [5.41, 5.74) is 0. The van der Waals surface area contributed by atoms with Crippen LogP contribution in [0.1, 0.15) is 0 Å². The van der Waals surface area contributed by atoms with Crippen molar-refractivity contribution in [3.63, 3.8) is 0 Å². The van der Waals surface area contributed by atoms with Crippen LogP contribution in [0.3, 0.4) is 0 Å². The van der Waals surface area contributed by atoms with Crippen molar-refractivity contribution >= 4 is 19.8 Å². The van der Waals surface area contributed by atoms with E-state index < -0.39 is 0 Å². The molecule has 0 atom stereocenters. The molecule has 0 aliphatic rings. The topological polar surface area (TPSA) is 18.5 Å². The molecular weight excluding hydrogens is 150 g/mol. The van der Waals surface area contributed by atoms with Crippen molar-refractivity contribution in [2.75, 3.05) is 27.4 Å². The molecule has 0 aromatic carbocycles. The largest absolute Gasteiger partial charge is 0.382 e. The molecular formula is C4H10GaO2. The van der Waals surface area contributed by atoms with Gasteiger partial charge in [0.05, 0.1) is 13.2 Å². The molecule has 0 aliphatic carbocycles. The SMILES string of the molecule is COCCOC.[Ga]. The fourth-order valence-corrected chi connectivity index (χ4v) is 0.167. The summed E-state index contributed by atoms with van der Waals surface area (Å²) >= 11 is 0. The van der Waals surface area contributed by atoms with Crippen LogP contribution in [0.5, 0.6) is 0 Å². The van der Waals surface area contributed by atoms with Crippen LogP contribution in [0.2, 0.25) is 0 Å². The van der Waals surface area contributed by atoms with Crippen LogP contribution < -0.4 is 0 Å². The van der Waals surface area contributed by atoms with Crippen LogP contribution in [-0.4, -0.2) is 47.2 Å². The zero-order valence-corrected chi connectivity index (χ0v) is 7.23. The Morgan fingerprint density at radius 2 is 1.29 bits per heavy atom. The summed E-state index contributed by atoms with van der Waals surface area (Å²) < 4.78 is 9.31. The summed E-state index contributed by atoms with van der Waals surface area (Å²) in [6, 6.07) is 0.